The van der Waals surface area contributed by atoms with E-state index in [4.69, 9.17) is 5.21 Å². The molecule has 0 atom stereocenters. The number of carbonyl (C=O) groups excluding carboxylic acids is 1. The van der Waals surface area contributed by atoms with Gasteiger partial charge in [-0.05, 0) is 29.8 Å². The van der Waals surface area contributed by atoms with Crippen molar-refractivity contribution in [3.8, 4) is 11.3 Å². The first-order chi connectivity index (χ1) is 10.8. The number of nitrogens with zero attached hydrogens (tertiary/aromatic N) is 4. The minimum Gasteiger partial charge on any atom is -0.288 e. The van der Waals surface area contributed by atoms with E-state index < -0.39 is 5.91 Å². The third kappa shape index (κ3) is 2.99. The van der Waals surface area contributed by atoms with E-state index in [2.05, 4.69) is 15.3 Å². The first-order valence-corrected chi connectivity index (χ1v) is 6.60. The molecule has 0 fully saturated rings. The van der Waals surface area contributed by atoms with Crippen molar-refractivity contribution in [3.63, 3.8) is 0 Å². The summed E-state index contributed by atoms with van der Waals surface area (Å²) in [5.74, 6) is -0.536. The molecule has 2 heterocycles. The molecule has 3 aromatic rings. The molecule has 0 aliphatic carbocycles. The van der Waals surface area contributed by atoms with Gasteiger partial charge >= 0.3 is 0 Å². The lowest BCUT2D eigenvalue weighted by Crippen LogP contribution is -2.18. The van der Waals surface area contributed by atoms with Gasteiger partial charge in [0, 0.05) is 23.5 Å². The summed E-state index contributed by atoms with van der Waals surface area (Å²) in [5.41, 5.74) is 4.62. The van der Waals surface area contributed by atoms with Crippen LogP contribution in [0.2, 0.25) is 0 Å². The van der Waals surface area contributed by atoms with E-state index in [1.54, 1.807) is 46.8 Å². The van der Waals surface area contributed by atoms with Gasteiger partial charge in [0.2, 0.25) is 0 Å². The maximum absolute atomic E-state index is 11.2. The second-order valence-electron chi connectivity index (χ2n) is 4.68. The summed E-state index contributed by atoms with van der Waals surface area (Å²) in [4.78, 5) is 15.3. The molecule has 0 unspecified atom stereocenters. The zero-order chi connectivity index (χ0) is 15.4. The van der Waals surface area contributed by atoms with Crippen LogP contribution in [0.25, 0.3) is 11.3 Å². The number of hydroxylamine groups is 1. The minimum atomic E-state index is -0.536. The van der Waals surface area contributed by atoms with Crippen LogP contribution in [0.15, 0.2) is 55.0 Å². The van der Waals surface area contributed by atoms with Crippen molar-refractivity contribution in [3.05, 3.63) is 66.1 Å². The molecule has 1 aromatic carbocycles. The van der Waals surface area contributed by atoms with Crippen molar-refractivity contribution in [1.82, 2.24) is 25.5 Å². The monoisotopic (exact) mass is 295 g/mol. The largest absolute Gasteiger partial charge is 0.288 e. The lowest BCUT2D eigenvalue weighted by molar-refractivity contribution is 0.0706. The maximum Gasteiger partial charge on any atom is 0.274 e. The summed E-state index contributed by atoms with van der Waals surface area (Å²) in [6.45, 7) is 0.536. The Morgan fingerprint density at radius 2 is 2.05 bits per heavy atom. The van der Waals surface area contributed by atoms with Gasteiger partial charge in [0.25, 0.3) is 5.91 Å². The van der Waals surface area contributed by atoms with Crippen LogP contribution in [0, 0.1) is 0 Å². The van der Waals surface area contributed by atoms with E-state index in [1.165, 1.54) is 0 Å². The van der Waals surface area contributed by atoms with E-state index in [9.17, 15) is 4.79 Å². The SMILES string of the molecule is O=C(NO)c1ccc(Cn2cc(-c3cccnc3)nn2)cc1. The van der Waals surface area contributed by atoms with Gasteiger partial charge < -0.3 is 0 Å². The predicted molar refractivity (Wildman–Crippen MR) is 78.0 cm³/mol. The molecule has 0 aliphatic rings. The predicted octanol–water partition coefficient (Wildman–Crippen LogP) is 1.51. The lowest BCUT2D eigenvalue weighted by atomic mass is 10.1. The van der Waals surface area contributed by atoms with Gasteiger partial charge in [-0.2, -0.15) is 0 Å². The molecule has 7 nitrogen and oxygen atoms in total. The summed E-state index contributed by atoms with van der Waals surface area (Å²) in [7, 11) is 0. The van der Waals surface area contributed by atoms with Gasteiger partial charge in [0.05, 0.1) is 12.7 Å². The normalized spacial score (nSPS) is 10.4. The number of aromatic nitrogens is 4. The molecule has 0 saturated carbocycles. The molecule has 110 valence electrons. The van der Waals surface area contributed by atoms with Crippen molar-refractivity contribution in [2.45, 2.75) is 6.54 Å². The molecule has 2 N–H and O–H groups in total. The number of amides is 1. The van der Waals surface area contributed by atoms with Crippen LogP contribution in [0.1, 0.15) is 15.9 Å². The highest BCUT2D eigenvalue weighted by Crippen LogP contribution is 2.14. The van der Waals surface area contributed by atoms with Gasteiger partial charge in [0.15, 0.2) is 0 Å². The van der Waals surface area contributed by atoms with Crippen molar-refractivity contribution in [2.75, 3.05) is 0 Å². The maximum atomic E-state index is 11.2. The number of pyridine rings is 1. The highest BCUT2D eigenvalue weighted by molar-refractivity contribution is 5.93. The van der Waals surface area contributed by atoms with Gasteiger partial charge in [-0.15, -0.1) is 5.10 Å². The Balaban J connectivity index is 1.74. The fourth-order valence-electron chi connectivity index (χ4n) is 2.04. The van der Waals surface area contributed by atoms with Gasteiger partial charge in [-0.1, -0.05) is 17.3 Å². The van der Waals surface area contributed by atoms with E-state index >= 15 is 0 Å². The summed E-state index contributed by atoms with van der Waals surface area (Å²) in [6.07, 6.45) is 5.28. The molecule has 0 bridgehead atoms. The fourth-order valence-corrected chi connectivity index (χ4v) is 2.04. The first kappa shape index (κ1) is 13.9. The van der Waals surface area contributed by atoms with Crippen molar-refractivity contribution >= 4 is 5.91 Å². The standard InChI is InChI=1S/C15H13N5O2/c21-15(18-22)12-5-3-11(4-6-12)9-20-10-14(17-19-20)13-2-1-7-16-8-13/h1-8,10,22H,9H2,(H,18,21). The van der Waals surface area contributed by atoms with Crippen LogP contribution < -0.4 is 5.48 Å². The highest BCUT2D eigenvalue weighted by atomic mass is 16.5. The zero-order valence-electron chi connectivity index (χ0n) is 11.5. The minimum absolute atomic E-state index is 0.390. The van der Waals surface area contributed by atoms with Crippen LogP contribution in [-0.2, 0) is 6.54 Å². The van der Waals surface area contributed by atoms with Crippen LogP contribution >= 0.6 is 0 Å². The number of hydrogen-bond donors (Lipinski definition) is 2. The number of benzene rings is 1. The molecule has 0 aliphatic heterocycles. The molecular formula is C15H13N5O2. The Labute approximate surface area is 126 Å². The average Bonchev–Trinajstić information content (AvgIpc) is 3.04. The first-order valence-electron chi connectivity index (χ1n) is 6.60. The van der Waals surface area contributed by atoms with Gasteiger partial charge in [-0.25, -0.2) is 10.2 Å². The van der Waals surface area contributed by atoms with Crippen LogP contribution in [0.4, 0.5) is 0 Å². The molecular weight excluding hydrogens is 282 g/mol. The third-order valence-electron chi connectivity index (χ3n) is 3.16. The van der Waals surface area contributed by atoms with Crippen LogP contribution in [-0.4, -0.2) is 31.1 Å². The second-order valence-corrected chi connectivity index (χ2v) is 4.68. The topological polar surface area (TPSA) is 92.9 Å². The summed E-state index contributed by atoms with van der Waals surface area (Å²) >= 11 is 0. The lowest BCUT2D eigenvalue weighted by Gasteiger charge is -2.02. The van der Waals surface area contributed by atoms with E-state index in [0.29, 0.717) is 12.1 Å². The van der Waals surface area contributed by atoms with Crippen LogP contribution in [0.3, 0.4) is 0 Å². The number of carbonyl (C=O) groups is 1. The quantitative estimate of drug-likeness (QED) is 0.562. The number of hydrogen-bond acceptors (Lipinski definition) is 5. The highest BCUT2D eigenvalue weighted by Gasteiger charge is 2.06. The van der Waals surface area contributed by atoms with Gasteiger partial charge in [-0.3, -0.25) is 15.0 Å². The summed E-state index contributed by atoms with van der Waals surface area (Å²) < 4.78 is 1.71. The molecule has 22 heavy (non-hydrogen) atoms. The van der Waals surface area contributed by atoms with Gasteiger partial charge in [0.1, 0.15) is 5.69 Å². The number of nitrogens with one attached hydrogen (secondary N) is 1. The molecule has 0 saturated heterocycles. The van der Waals surface area contributed by atoms with E-state index in [1.807, 2.05) is 18.3 Å². The summed E-state index contributed by atoms with van der Waals surface area (Å²) in [5, 5.41) is 16.8. The Kier molecular flexibility index (Phi) is 3.88. The Hall–Kier alpha value is -3.06. The van der Waals surface area contributed by atoms with E-state index in [-0.39, 0.29) is 0 Å². The molecule has 0 radical (unpaired) electrons. The molecule has 2 aromatic heterocycles. The molecule has 7 heteroatoms. The van der Waals surface area contributed by atoms with E-state index in [0.717, 1.165) is 16.8 Å². The Bertz CT molecular complexity index is 768. The smallest absolute Gasteiger partial charge is 0.274 e. The fraction of sp³-hybridized carbons (Fsp3) is 0.0667. The molecule has 0 spiro atoms. The Morgan fingerprint density at radius 1 is 1.23 bits per heavy atom. The van der Waals surface area contributed by atoms with Crippen molar-refractivity contribution in [2.24, 2.45) is 0 Å². The van der Waals surface area contributed by atoms with Crippen molar-refractivity contribution in [1.29, 1.82) is 0 Å². The number of rotatable bonds is 4. The average molecular weight is 295 g/mol. The van der Waals surface area contributed by atoms with Crippen molar-refractivity contribution < 1.29 is 10.0 Å². The zero-order valence-corrected chi connectivity index (χ0v) is 11.5. The molecule has 1 amide bonds. The summed E-state index contributed by atoms with van der Waals surface area (Å²) in [6, 6.07) is 10.6. The molecule has 3 rings (SSSR count). The van der Waals surface area contributed by atoms with Crippen LogP contribution in [0.5, 0.6) is 0 Å². The second kappa shape index (κ2) is 6.15. The Morgan fingerprint density at radius 3 is 2.73 bits per heavy atom. The third-order valence-corrected chi connectivity index (χ3v) is 3.16.